The minimum atomic E-state index is -1.82. The molecule has 8 nitrogen and oxygen atoms in total. The van der Waals surface area contributed by atoms with Crippen LogP contribution in [0.3, 0.4) is 0 Å². The molecule has 0 aliphatic carbocycles. The van der Waals surface area contributed by atoms with Crippen molar-refractivity contribution < 1.29 is 34.0 Å². The molecule has 2 aliphatic rings. The van der Waals surface area contributed by atoms with Gasteiger partial charge in [-0.2, -0.15) is 0 Å². The Morgan fingerprint density at radius 2 is 1.72 bits per heavy atom. The van der Waals surface area contributed by atoms with Gasteiger partial charge in [0.15, 0.2) is 11.5 Å². The van der Waals surface area contributed by atoms with E-state index in [1.54, 1.807) is 0 Å². The molecular formula is C17H23NO7. The molecule has 0 spiro atoms. The first-order chi connectivity index (χ1) is 12.0. The lowest BCUT2D eigenvalue weighted by Crippen LogP contribution is -2.46. The fourth-order valence-corrected chi connectivity index (χ4v) is 2.77. The Labute approximate surface area is 145 Å². The number of ether oxygens (including phenoxy) is 3. The molecule has 25 heavy (non-hydrogen) atoms. The lowest BCUT2D eigenvalue weighted by atomic mass is 9.90. The molecule has 2 heterocycles. The maximum Gasteiger partial charge on any atom is 0.414 e. The van der Waals surface area contributed by atoms with Gasteiger partial charge in [-0.25, -0.2) is 9.59 Å². The zero-order valence-corrected chi connectivity index (χ0v) is 13.8. The summed E-state index contributed by atoms with van der Waals surface area (Å²) >= 11 is 0. The van der Waals surface area contributed by atoms with E-state index in [2.05, 4.69) is 0 Å². The molecule has 2 aliphatic heterocycles. The van der Waals surface area contributed by atoms with E-state index < -0.39 is 11.9 Å². The SMILES string of the molecule is NC(CC1CCOCC1)C1COc2ccccc2O1.O=C(O)C(=O)O. The van der Waals surface area contributed by atoms with Crippen LogP contribution in [0.2, 0.25) is 0 Å². The Morgan fingerprint density at radius 1 is 1.12 bits per heavy atom. The number of para-hydroxylation sites is 2. The third-order valence-electron chi connectivity index (χ3n) is 4.14. The zero-order valence-electron chi connectivity index (χ0n) is 13.8. The Hall–Kier alpha value is -2.32. The van der Waals surface area contributed by atoms with Crippen LogP contribution in [0.25, 0.3) is 0 Å². The molecule has 1 fully saturated rings. The first kappa shape index (κ1) is 19.0. The number of carboxylic acid groups (broad SMARTS) is 2. The molecule has 3 rings (SSSR count). The summed E-state index contributed by atoms with van der Waals surface area (Å²) in [6.45, 7) is 2.27. The fraction of sp³-hybridized carbons (Fsp3) is 0.529. The maximum atomic E-state index is 9.10. The summed E-state index contributed by atoms with van der Waals surface area (Å²) in [7, 11) is 0. The summed E-state index contributed by atoms with van der Waals surface area (Å²) in [5.74, 6) is -1.37. The highest BCUT2D eigenvalue weighted by molar-refractivity contribution is 6.27. The summed E-state index contributed by atoms with van der Waals surface area (Å²) in [5, 5.41) is 14.8. The second kappa shape index (κ2) is 9.24. The van der Waals surface area contributed by atoms with Crippen LogP contribution in [-0.4, -0.2) is 54.1 Å². The van der Waals surface area contributed by atoms with Crippen LogP contribution in [0.5, 0.6) is 11.5 Å². The normalized spacial score (nSPS) is 20.8. The Bertz CT molecular complexity index is 574. The van der Waals surface area contributed by atoms with E-state index in [0.717, 1.165) is 44.0 Å². The van der Waals surface area contributed by atoms with Gasteiger partial charge >= 0.3 is 11.9 Å². The van der Waals surface area contributed by atoms with Gasteiger partial charge < -0.3 is 30.2 Å². The van der Waals surface area contributed by atoms with Crippen molar-refractivity contribution in [1.29, 1.82) is 0 Å². The smallest absolute Gasteiger partial charge is 0.414 e. The number of carboxylic acids is 2. The molecule has 0 aromatic heterocycles. The molecule has 8 heteroatoms. The minimum absolute atomic E-state index is 0.0245. The second-order valence-electron chi connectivity index (χ2n) is 5.98. The standard InChI is InChI=1S/C15H21NO3.C2H2O4/c16-12(9-11-5-7-17-8-6-11)15-10-18-13-3-1-2-4-14(13)19-15;3-1(4)2(5)6/h1-4,11-12,15H,5-10,16H2;(H,3,4)(H,5,6). The van der Waals surface area contributed by atoms with E-state index in [4.69, 9.17) is 39.7 Å². The molecule has 0 radical (unpaired) electrons. The first-order valence-electron chi connectivity index (χ1n) is 8.15. The summed E-state index contributed by atoms with van der Waals surface area (Å²) in [5.41, 5.74) is 6.29. The third kappa shape index (κ3) is 5.91. The Kier molecular flexibility index (Phi) is 7.03. The van der Waals surface area contributed by atoms with E-state index in [1.807, 2.05) is 24.3 Å². The Balaban J connectivity index is 0.000000326. The van der Waals surface area contributed by atoms with Gasteiger partial charge in [0.25, 0.3) is 0 Å². The van der Waals surface area contributed by atoms with Crippen molar-refractivity contribution in [3.63, 3.8) is 0 Å². The van der Waals surface area contributed by atoms with Gasteiger partial charge in [-0.3, -0.25) is 0 Å². The average molecular weight is 353 g/mol. The molecule has 1 saturated heterocycles. The van der Waals surface area contributed by atoms with Crippen LogP contribution in [-0.2, 0) is 14.3 Å². The number of nitrogens with two attached hydrogens (primary N) is 1. The number of fused-ring (bicyclic) bond motifs is 1. The van der Waals surface area contributed by atoms with Crippen molar-refractivity contribution in [1.82, 2.24) is 0 Å². The second-order valence-corrected chi connectivity index (χ2v) is 5.98. The lowest BCUT2D eigenvalue weighted by molar-refractivity contribution is -0.159. The largest absolute Gasteiger partial charge is 0.486 e. The fourth-order valence-electron chi connectivity index (χ4n) is 2.77. The van der Waals surface area contributed by atoms with Crippen LogP contribution in [0.15, 0.2) is 24.3 Å². The van der Waals surface area contributed by atoms with Gasteiger partial charge in [0.2, 0.25) is 0 Å². The van der Waals surface area contributed by atoms with Crippen molar-refractivity contribution in [3.05, 3.63) is 24.3 Å². The number of rotatable bonds is 3. The van der Waals surface area contributed by atoms with Gasteiger partial charge in [-0.1, -0.05) is 12.1 Å². The van der Waals surface area contributed by atoms with Crippen molar-refractivity contribution >= 4 is 11.9 Å². The van der Waals surface area contributed by atoms with Crippen LogP contribution in [0.4, 0.5) is 0 Å². The topological polar surface area (TPSA) is 128 Å². The van der Waals surface area contributed by atoms with Crippen molar-refractivity contribution in [2.24, 2.45) is 11.7 Å². The quantitative estimate of drug-likeness (QED) is 0.690. The zero-order chi connectivity index (χ0) is 18.2. The first-order valence-corrected chi connectivity index (χ1v) is 8.15. The number of aliphatic carboxylic acids is 2. The van der Waals surface area contributed by atoms with E-state index in [-0.39, 0.29) is 12.1 Å². The highest BCUT2D eigenvalue weighted by Gasteiger charge is 2.28. The van der Waals surface area contributed by atoms with Gasteiger partial charge in [0.05, 0.1) is 0 Å². The maximum absolute atomic E-state index is 9.10. The van der Waals surface area contributed by atoms with Crippen molar-refractivity contribution in [3.8, 4) is 11.5 Å². The van der Waals surface area contributed by atoms with E-state index in [0.29, 0.717) is 12.5 Å². The minimum Gasteiger partial charge on any atom is -0.486 e. The molecule has 4 N–H and O–H groups in total. The summed E-state index contributed by atoms with van der Waals surface area (Å²) in [6.07, 6.45) is 3.16. The lowest BCUT2D eigenvalue weighted by Gasteiger charge is -2.32. The highest BCUT2D eigenvalue weighted by atomic mass is 16.6. The van der Waals surface area contributed by atoms with Gasteiger partial charge in [-0.15, -0.1) is 0 Å². The van der Waals surface area contributed by atoms with Crippen LogP contribution in [0.1, 0.15) is 19.3 Å². The number of benzene rings is 1. The molecule has 0 amide bonds. The number of hydrogen-bond acceptors (Lipinski definition) is 6. The molecular weight excluding hydrogens is 330 g/mol. The molecule has 1 aromatic carbocycles. The van der Waals surface area contributed by atoms with E-state index in [9.17, 15) is 0 Å². The van der Waals surface area contributed by atoms with E-state index >= 15 is 0 Å². The van der Waals surface area contributed by atoms with Crippen molar-refractivity contribution in [2.75, 3.05) is 19.8 Å². The molecule has 2 atom stereocenters. The van der Waals surface area contributed by atoms with Crippen molar-refractivity contribution in [2.45, 2.75) is 31.4 Å². The molecule has 2 unspecified atom stereocenters. The van der Waals surface area contributed by atoms with Gasteiger partial charge in [0, 0.05) is 19.3 Å². The number of carbonyl (C=O) groups is 2. The Morgan fingerprint density at radius 3 is 2.32 bits per heavy atom. The van der Waals surface area contributed by atoms with E-state index in [1.165, 1.54) is 0 Å². The third-order valence-corrected chi connectivity index (χ3v) is 4.14. The number of hydrogen-bond donors (Lipinski definition) is 3. The van der Waals surface area contributed by atoms with Crippen LogP contribution < -0.4 is 15.2 Å². The molecule has 138 valence electrons. The molecule has 0 bridgehead atoms. The van der Waals surface area contributed by atoms with Crippen LogP contribution in [0, 0.1) is 5.92 Å². The summed E-state index contributed by atoms with van der Waals surface area (Å²) in [6, 6.07) is 7.79. The predicted octanol–water partition coefficient (Wildman–Crippen LogP) is 1.13. The summed E-state index contributed by atoms with van der Waals surface area (Å²) < 4.78 is 17.0. The average Bonchev–Trinajstić information content (AvgIpc) is 2.62. The summed E-state index contributed by atoms with van der Waals surface area (Å²) in [4.78, 5) is 18.2. The van der Waals surface area contributed by atoms with Crippen LogP contribution >= 0.6 is 0 Å². The highest BCUT2D eigenvalue weighted by Crippen LogP contribution is 2.32. The van der Waals surface area contributed by atoms with Gasteiger partial charge in [-0.05, 0) is 37.3 Å². The molecule has 1 aromatic rings. The molecule has 0 saturated carbocycles. The van der Waals surface area contributed by atoms with Gasteiger partial charge in [0.1, 0.15) is 12.7 Å². The monoisotopic (exact) mass is 353 g/mol. The predicted molar refractivity (Wildman–Crippen MR) is 87.8 cm³/mol.